The van der Waals surface area contributed by atoms with E-state index in [0.717, 1.165) is 16.7 Å². The summed E-state index contributed by atoms with van der Waals surface area (Å²) in [5, 5.41) is 6.84. The summed E-state index contributed by atoms with van der Waals surface area (Å²) in [4.78, 5) is 0. The van der Waals surface area contributed by atoms with E-state index in [2.05, 4.69) is 16.8 Å². The maximum atomic E-state index is 12.1. The van der Waals surface area contributed by atoms with E-state index in [9.17, 15) is 8.78 Å². The second kappa shape index (κ2) is 6.07. The molecule has 0 saturated heterocycles. The Labute approximate surface area is 109 Å². The highest BCUT2D eigenvalue weighted by atomic mass is 32.1. The van der Waals surface area contributed by atoms with Crippen molar-refractivity contribution in [3.05, 3.63) is 46.2 Å². The number of alkyl halides is 2. The molecule has 0 spiro atoms. The second-order valence-corrected chi connectivity index (χ2v) is 4.95. The zero-order valence-electron chi connectivity index (χ0n) is 10.1. The highest BCUT2D eigenvalue weighted by Crippen LogP contribution is 2.27. The molecule has 1 aromatic carbocycles. The Hall–Kier alpha value is -1.26. The normalized spacial score (nSPS) is 11.1. The molecule has 0 amide bonds. The molecule has 1 heterocycles. The van der Waals surface area contributed by atoms with E-state index in [0.29, 0.717) is 6.54 Å². The van der Waals surface area contributed by atoms with Crippen LogP contribution in [-0.2, 0) is 6.54 Å². The minimum Gasteiger partial charge on any atom is -0.307 e. The maximum absolute atomic E-state index is 12.1. The molecule has 0 radical (unpaired) electrons. The SMILES string of the molecule is Cc1cccc(-c2cscc2CNCC(F)F)c1. The van der Waals surface area contributed by atoms with E-state index in [1.807, 2.05) is 30.5 Å². The Morgan fingerprint density at radius 2 is 2.11 bits per heavy atom. The maximum Gasteiger partial charge on any atom is 0.250 e. The number of halogens is 2. The third-order valence-electron chi connectivity index (χ3n) is 2.69. The Bertz CT molecular complexity index is 508. The third-order valence-corrected chi connectivity index (χ3v) is 3.48. The van der Waals surface area contributed by atoms with Gasteiger partial charge in [-0.05, 0) is 34.4 Å². The number of hydrogen-bond acceptors (Lipinski definition) is 2. The monoisotopic (exact) mass is 267 g/mol. The quantitative estimate of drug-likeness (QED) is 0.860. The number of rotatable bonds is 5. The predicted octanol–water partition coefficient (Wildman–Crippen LogP) is 4.08. The number of nitrogens with one attached hydrogen (secondary N) is 1. The smallest absolute Gasteiger partial charge is 0.250 e. The summed E-state index contributed by atoms with van der Waals surface area (Å²) in [5.41, 5.74) is 4.55. The zero-order valence-corrected chi connectivity index (χ0v) is 10.9. The summed E-state index contributed by atoms with van der Waals surface area (Å²) in [6.07, 6.45) is -2.30. The molecular weight excluding hydrogens is 252 g/mol. The van der Waals surface area contributed by atoms with Crippen LogP contribution in [0.2, 0.25) is 0 Å². The lowest BCUT2D eigenvalue weighted by Gasteiger charge is -2.07. The molecule has 0 aliphatic heterocycles. The van der Waals surface area contributed by atoms with E-state index in [1.165, 1.54) is 5.56 Å². The number of thiophene rings is 1. The first kappa shape index (κ1) is 13.2. The molecule has 1 aromatic heterocycles. The molecule has 1 N–H and O–H groups in total. The first-order valence-corrected chi connectivity index (χ1v) is 6.72. The topological polar surface area (TPSA) is 12.0 Å². The lowest BCUT2D eigenvalue weighted by atomic mass is 10.0. The van der Waals surface area contributed by atoms with Crippen molar-refractivity contribution in [3.8, 4) is 11.1 Å². The molecule has 0 atom stereocenters. The van der Waals surface area contributed by atoms with Crippen LogP contribution in [0, 0.1) is 6.92 Å². The molecule has 0 saturated carbocycles. The second-order valence-electron chi connectivity index (χ2n) is 4.20. The van der Waals surface area contributed by atoms with Crippen molar-refractivity contribution in [2.75, 3.05) is 6.54 Å². The lowest BCUT2D eigenvalue weighted by Crippen LogP contribution is -2.20. The van der Waals surface area contributed by atoms with Gasteiger partial charge < -0.3 is 5.32 Å². The summed E-state index contributed by atoms with van der Waals surface area (Å²) in [6.45, 7) is 2.27. The van der Waals surface area contributed by atoms with Gasteiger partial charge in [-0.2, -0.15) is 11.3 Å². The molecular formula is C14H15F2NS. The van der Waals surface area contributed by atoms with Gasteiger partial charge in [0.25, 0.3) is 6.43 Å². The van der Waals surface area contributed by atoms with Gasteiger partial charge in [0, 0.05) is 6.54 Å². The Morgan fingerprint density at radius 3 is 2.83 bits per heavy atom. The summed E-state index contributed by atoms with van der Waals surface area (Å²) in [5.74, 6) is 0. The van der Waals surface area contributed by atoms with Gasteiger partial charge in [-0.1, -0.05) is 29.8 Å². The molecule has 2 rings (SSSR count). The molecule has 96 valence electrons. The van der Waals surface area contributed by atoms with Crippen LogP contribution < -0.4 is 5.32 Å². The van der Waals surface area contributed by atoms with Crippen LogP contribution in [-0.4, -0.2) is 13.0 Å². The van der Waals surface area contributed by atoms with Gasteiger partial charge in [0.2, 0.25) is 0 Å². The van der Waals surface area contributed by atoms with E-state index in [4.69, 9.17) is 0 Å². The van der Waals surface area contributed by atoms with Gasteiger partial charge >= 0.3 is 0 Å². The van der Waals surface area contributed by atoms with Crippen molar-refractivity contribution in [1.82, 2.24) is 5.32 Å². The Kier molecular flexibility index (Phi) is 4.44. The summed E-state index contributed by atoms with van der Waals surface area (Å²) in [7, 11) is 0. The standard InChI is InChI=1S/C14H15F2NS/c1-10-3-2-4-11(5-10)13-9-18-8-12(13)6-17-7-14(15)16/h2-5,8-9,14,17H,6-7H2,1H3. The molecule has 0 bridgehead atoms. The van der Waals surface area contributed by atoms with Crippen LogP contribution in [0.5, 0.6) is 0 Å². The molecule has 0 aliphatic carbocycles. The van der Waals surface area contributed by atoms with Gasteiger partial charge in [0.1, 0.15) is 0 Å². The minimum absolute atomic E-state index is 0.261. The van der Waals surface area contributed by atoms with E-state index >= 15 is 0 Å². The molecule has 1 nitrogen and oxygen atoms in total. The van der Waals surface area contributed by atoms with Crippen LogP contribution in [0.25, 0.3) is 11.1 Å². The van der Waals surface area contributed by atoms with Gasteiger partial charge in [-0.3, -0.25) is 0 Å². The summed E-state index contributed by atoms with van der Waals surface area (Å²) < 4.78 is 24.2. The summed E-state index contributed by atoms with van der Waals surface area (Å²) in [6, 6.07) is 8.22. The zero-order chi connectivity index (χ0) is 13.0. The van der Waals surface area contributed by atoms with E-state index in [1.54, 1.807) is 11.3 Å². The van der Waals surface area contributed by atoms with Crippen LogP contribution in [0.1, 0.15) is 11.1 Å². The third kappa shape index (κ3) is 3.37. The Morgan fingerprint density at radius 1 is 1.28 bits per heavy atom. The van der Waals surface area contributed by atoms with Crippen molar-refractivity contribution in [2.45, 2.75) is 19.9 Å². The average Bonchev–Trinajstić information content (AvgIpc) is 2.77. The van der Waals surface area contributed by atoms with Gasteiger partial charge in [0.05, 0.1) is 6.54 Å². The van der Waals surface area contributed by atoms with E-state index in [-0.39, 0.29) is 6.54 Å². The van der Waals surface area contributed by atoms with Gasteiger partial charge in [-0.25, -0.2) is 8.78 Å². The molecule has 0 aliphatic rings. The number of hydrogen-bond donors (Lipinski definition) is 1. The Balaban J connectivity index is 2.12. The van der Waals surface area contributed by atoms with Crippen molar-refractivity contribution >= 4 is 11.3 Å². The summed E-state index contributed by atoms with van der Waals surface area (Å²) >= 11 is 1.60. The molecule has 18 heavy (non-hydrogen) atoms. The van der Waals surface area contributed by atoms with Gasteiger partial charge in [0.15, 0.2) is 0 Å². The van der Waals surface area contributed by atoms with Crippen LogP contribution >= 0.6 is 11.3 Å². The molecule has 2 aromatic rings. The first-order chi connectivity index (χ1) is 8.66. The van der Waals surface area contributed by atoms with Gasteiger partial charge in [-0.15, -0.1) is 0 Å². The van der Waals surface area contributed by atoms with Crippen LogP contribution in [0.15, 0.2) is 35.0 Å². The van der Waals surface area contributed by atoms with Crippen LogP contribution in [0.4, 0.5) is 8.78 Å². The first-order valence-electron chi connectivity index (χ1n) is 5.78. The van der Waals surface area contributed by atoms with Crippen molar-refractivity contribution in [3.63, 3.8) is 0 Å². The van der Waals surface area contributed by atoms with Crippen molar-refractivity contribution in [1.29, 1.82) is 0 Å². The molecule has 4 heteroatoms. The largest absolute Gasteiger partial charge is 0.307 e. The fourth-order valence-corrected chi connectivity index (χ4v) is 2.71. The lowest BCUT2D eigenvalue weighted by molar-refractivity contribution is 0.145. The fourth-order valence-electron chi connectivity index (χ4n) is 1.84. The highest BCUT2D eigenvalue weighted by molar-refractivity contribution is 7.08. The minimum atomic E-state index is -2.30. The highest BCUT2D eigenvalue weighted by Gasteiger charge is 2.07. The van der Waals surface area contributed by atoms with Crippen LogP contribution in [0.3, 0.4) is 0 Å². The van der Waals surface area contributed by atoms with Crippen molar-refractivity contribution in [2.24, 2.45) is 0 Å². The van der Waals surface area contributed by atoms with Crippen molar-refractivity contribution < 1.29 is 8.78 Å². The molecule has 0 fully saturated rings. The average molecular weight is 267 g/mol. The number of aryl methyl sites for hydroxylation is 1. The fraction of sp³-hybridized carbons (Fsp3) is 0.286. The number of benzene rings is 1. The molecule has 0 unspecified atom stereocenters. The van der Waals surface area contributed by atoms with E-state index < -0.39 is 6.43 Å². The predicted molar refractivity (Wildman–Crippen MR) is 72.2 cm³/mol.